The van der Waals surface area contributed by atoms with Crippen LogP contribution in [0.5, 0.6) is 0 Å². The Hall–Kier alpha value is -1.46. The first-order chi connectivity index (χ1) is 8.69. The molecule has 2 rings (SSSR count). The molecule has 2 aromatic rings. The molecule has 0 fully saturated rings. The number of hydrogen-bond donors (Lipinski definition) is 1. The normalized spacial score (nSPS) is 10.6. The van der Waals surface area contributed by atoms with Gasteiger partial charge in [0.05, 0.1) is 18.1 Å². The zero-order valence-corrected chi connectivity index (χ0v) is 10.7. The van der Waals surface area contributed by atoms with Gasteiger partial charge in [-0.15, -0.1) is 11.8 Å². The monoisotopic (exact) mass is 264 g/mol. The summed E-state index contributed by atoms with van der Waals surface area (Å²) >= 11 is 1.47. The summed E-state index contributed by atoms with van der Waals surface area (Å²) in [6, 6.07) is 6.41. The van der Waals surface area contributed by atoms with Crippen LogP contribution in [0.3, 0.4) is 0 Å². The Morgan fingerprint density at radius 3 is 2.94 bits per heavy atom. The second-order valence-corrected chi connectivity index (χ2v) is 4.87. The third-order valence-electron chi connectivity index (χ3n) is 2.44. The number of aliphatic hydroxyl groups is 1. The minimum atomic E-state index is -0.249. The van der Waals surface area contributed by atoms with Crippen LogP contribution in [-0.2, 0) is 12.4 Å². The largest absolute Gasteiger partial charge is 0.390 e. The van der Waals surface area contributed by atoms with Crippen molar-refractivity contribution in [3.63, 3.8) is 0 Å². The molecular weight excluding hydrogens is 251 g/mol. The zero-order valence-electron chi connectivity index (χ0n) is 9.93. The lowest BCUT2D eigenvalue weighted by Gasteiger charge is -2.05. The van der Waals surface area contributed by atoms with Crippen molar-refractivity contribution in [3.05, 3.63) is 53.4 Å². The number of aliphatic hydroxyl groups excluding tert-OH is 1. The third kappa shape index (κ3) is 3.27. The van der Waals surface area contributed by atoms with Crippen LogP contribution in [0.2, 0.25) is 0 Å². The Morgan fingerprint density at radius 2 is 2.22 bits per heavy atom. The van der Waals surface area contributed by atoms with E-state index in [0.29, 0.717) is 17.3 Å². The number of halogens is 1. The van der Waals surface area contributed by atoms with E-state index in [1.165, 1.54) is 23.9 Å². The van der Waals surface area contributed by atoms with Gasteiger partial charge in [-0.3, -0.25) is 0 Å². The second kappa shape index (κ2) is 5.93. The lowest BCUT2D eigenvalue weighted by Crippen LogP contribution is -2.00. The van der Waals surface area contributed by atoms with Gasteiger partial charge in [-0.1, -0.05) is 6.07 Å². The molecule has 0 aliphatic rings. The summed E-state index contributed by atoms with van der Waals surface area (Å²) in [6.45, 7) is 1.76. The van der Waals surface area contributed by atoms with E-state index < -0.39 is 0 Å². The maximum Gasteiger partial charge on any atom is 0.138 e. The van der Waals surface area contributed by atoms with Crippen LogP contribution in [-0.4, -0.2) is 15.1 Å². The molecule has 0 saturated carbocycles. The average Bonchev–Trinajstić information content (AvgIpc) is 2.38. The molecule has 0 saturated heterocycles. The quantitative estimate of drug-likeness (QED) is 0.862. The van der Waals surface area contributed by atoms with Gasteiger partial charge in [0.15, 0.2) is 0 Å². The molecule has 0 atom stereocenters. The van der Waals surface area contributed by atoms with Gasteiger partial charge in [0.1, 0.15) is 11.6 Å². The highest BCUT2D eigenvalue weighted by Crippen LogP contribution is 2.22. The van der Waals surface area contributed by atoms with Crippen molar-refractivity contribution in [2.24, 2.45) is 0 Å². The van der Waals surface area contributed by atoms with Crippen LogP contribution in [0.25, 0.3) is 0 Å². The molecule has 1 aromatic heterocycles. The predicted octanol–water partition coefficient (Wildman–Crippen LogP) is 2.71. The minimum Gasteiger partial charge on any atom is -0.390 e. The molecule has 1 aromatic carbocycles. The Balaban J connectivity index is 2.06. The molecule has 0 spiro atoms. The van der Waals surface area contributed by atoms with Crippen LogP contribution >= 0.6 is 11.8 Å². The summed E-state index contributed by atoms with van der Waals surface area (Å²) in [6.07, 6.45) is 1.69. The summed E-state index contributed by atoms with van der Waals surface area (Å²) in [5.74, 6) is 0.941. The molecule has 0 bridgehead atoms. The highest BCUT2D eigenvalue weighted by atomic mass is 32.2. The molecule has 0 aliphatic heterocycles. The van der Waals surface area contributed by atoms with Gasteiger partial charge < -0.3 is 5.11 Å². The Morgan fingerprint density at radius 1 is 1.39 bits per heavy atom. The fourth-order valence-corrected chi connectivity index (χ4v) is 2.26. The molecule has 94 valence electrons. The van der Waals surface area contributed by atoms with Gasteiger partial charge in [-0.05, 0) is 30.7 Å². The van der Waals surface area contributed by atoms with Crippen LogP contribution < -0.4 is 0 Å². The molecule has 0 unspecified atom stereocenters. The maximum atomic E-state index is 13.0. The van der Waals surface area contributed by atoms with Crippen molar-refractivity contribution in [3.8, 4) is 0 Å². The highest BCUT2D eigenvalue weighted by Gasteiger charge is 2.04. The number of aromatic nitrogens is 2. The average molecular weight is 264 g/mol. The minimum absolute atomic E-state index is 0.0913. The topological polar surface area (TPSA) is 46.0 Å². The first-order valence-corrected chi connectivity index (χ1v) is 6.48. The molecule has 0 amide bonds. The molecule has 1 N–H and O–H groups in total. The summed E-state index contributed by atoms with van der Waals surface area (Å²) in [7, 11) is 0. The molecule has 1 heterocycles. The Kier molecular flexibility index (Phi) is 4.28. The van der Waals surface area contributed by atoms with Crippen molar-refractivity contribution in [1.29, 1.82) is 0 Å². The second-order valence-electron chi connectivity index (χ2n) is 3.82. The number of rotatable bonds is 4. The molecule has 0 radical (unpaired) electrons. The van der Waals surface area contributed by atoms with Gasteiger partial charge in [0.2, 0.25) is 0 Å². The van der Waals surface area contributed by atoms with Crippen LogP contribution in [0.4, 0.5) is 4.39 Å². The van der Waals surface area contributed by atoms with Crippen molar-refractivity contribution in [2.45, 2.75) is 24.2 Å². The number of nitrogens with zero attached hydrogens (tertiary/aromatic N) is 2. The van der Waals surface area contributed by atoms with Gasteiger partial charge in [0, 0.05) is 11.1 Å². The van der Waals surface area contributed by atoms with Gasteiger partial charge in [0.25, 0.3) is 0 Å². The fourth-order valence-electron chi connectivity index (χ4n) is 1.45. The van der Waals surface area contributed by atoms with Crippen molar-refractivity contribution < 1.29 is 9.50 Å². The zero-order chi connectivity index (χ0) is 13.0. The van der Waals surface area contributed by atoms with Crippen molar-refractivity contribution >= 4 is 11.8 Å². The van der Waals surface area contributed by atoms with Crippen LogP contribution in [0.1, 0.15) is 17.1 Å². The predicted molar refractivity (Wildman–Crippen MR) is 68.7 cm³/mol. The summed E-state index contributed by atoms with van der Waals surface area (Å²) in [5.41, 5.74) is 1.51. The van der Waals surface area contributed by atoms with E-state index in [-0.39, 0.29) is 12.4 Å². The van der Waals surface area contributed by atoms with Crippen LogP contribution in [0.15, 0.2) is 35.4 Å². The summed E-state index contributed by atoms with van der Waals surface area (Å²) in [4.78, 5) is 9.28. The van der Waals surface area contributed by atoms with E-state index in [4.69, 9.17) is 5.11 Å². The van der Waals surface area contributed by atoms with E-state index in [0.717, 1.165) is 10.5 Å². The highest BCUT2D eigenvalue weighted by molar-refractivity contribution is 7.98. The van der Waals surface area contributed by atoms with E-state index in [1.54, 1.807) is 12.3 Å². The molecule has 5 heteroatoms. The summed E-state index contributed by atoms with van der Waals surface area (Å²) < 4.78 is 13.0. The number of hydrogen-bond acceptors (Lipinski definition) is 4. The standard InChI is InChI=1S/C13H13FN2OS/c1-9-6-15-13(16-12(9)7-17)8-18-11-4-2-3-10(14)5-11/h2-6,17H,7-8H2,1H3. The van der Waals surface area contributed by atoms with E-state index in [9.17, 15) is 4.39 Å². The maximum absolute atomic E-state index is 13.0. The molecule has 18 heavy (non-hydrogen) atoms. The molecular formula is C13H13FN2OS. The van der Waals surface area contributed by atoms with Crippen molar-refractivity contribution in [1.82, 2.24) is 9.97 Å². The van der Waals surface area contributed by atoms with E-state index in [2.05, 4.69) is 9.97 Å². The lowest BCUT2D eigenvalue weighted by atomic mass is 10.2. The SMILES string of the molecule is Cc1cnc(CSc2cccc(F)c2)nc1CO. The first-order valence-electron chi connectivity index (χ1n) is 5.49. The van der Waals surface area contributed by atoms with Gasteiger partial charge in [-0.25, -0.2) is 14.4 Å². The number of thioether (sulfide) groups is 1. The van der Waals surface area contributed by atoms with E-state index >= 15 is 0 Å². The lowest BCUT2D eigenvalue weighted by molar-refractivity contribution is 0.275. The smallest absolute Gasteiger partial charge is 0.138 e. The first kappa shape index (κ1) is 13.0. The van der Waals surface area contributed by atoms with E-state index in [1.807, 2.05) is 13.0 Å². The number of aryl methyl sites for hydroxylation is 1. The van der Waals surface area contributed by atoms with Gasteiger partial charge in [-0.2, -0.15) is 0 Å². The fraction of sp³-hybridized carbons (Fsp3) is 0.231. The number of benzene rings is 1. The third-order valence-corrected chi connectivity index (χ3v) is 3.43. The van der Waals surface area contributed by atoms with Gasteiger partial charge >= 0.3 is 0 Å². The Labute approximate surface area is 109 Å². The summed E-state index contributed by atoms with van der Waals surface area (Å²) in [5, 5.41) is 9.12. The molecule has 3 nitrogen and oxygen atoms in total. The molecule has 0 aliphatic carbocycles. The van der Waals surface area contributed by atoms with Crippen molar-refractivity contribution in [2.75, 3.05) is 0 Å². The van der Waals surface area contributed by atoms with Crippen LogP contribution in [0, 0.1) is 12.7 Å². The Bertz CT molecular complexity index is 548.